The Kier molecular flexibility index (Phi) is 6.63. The molecule has 12 heteroatoms. The van der Waals surface area contributed by atoms with Crippen LogP contribution in [0.4, 0.5) is 0 Å². The van der Waals surface area contributed by atoms with Gasteiger partial charge in [0.15, 0.2) is 5.78 Å². The Hall–Kier alpha value is -4.42. The van der Waals surface area contributed by atoms with Crippen molar-refractivity contribution in [3.63, 3.8) is 0 Å². The molecule has 2 aliphatic rings. The Balaban J connectivity index is 1.32. The minimum Gasteiger partial charge on any atom is -0.486 e. The van der Waals surface area contributed by atoms with E-state index in [1.165, 1.54) is 0 Å². The summed E-state index contributed by atoms with van der Waals surface area (Å²) in [7, 11) is 0. The van der Waals surface area contributed by atoms with Crippen molar-refractivity contribution in [3.05, 3.63) is 82.4 Å². The first-order chi connectivity index (χ1) is 18.7. The maximum Gasteiger partial charge on any atom is 0.201 e. The van der Waals surface area contributed by atoms with Crippen LogP contribution in [0.5, 0.6) is 11.5 Å². The van der Waals surface area contributed by atoms with Gasteiger partial charge in [-0.25, -0.2) is 9.36 Å². The van der Waals surface area contributed by atoms with Gasteiger partial charge in [-0.2, -0.15) is 0 Å². The fourth-order valence-corrected chi connectivity index (χ4v) is 4.39. The molecule has 194 valence electrons. The van der Waals surface area contributed by atoms with Crippen LogP contribution >= 0.6 is 0 Å². The van der Waals surface area contributed by atoms with Crippen LogP contribution in [0, 0.1) is 0 Å². The third kappa shape index (κ3) is 4.78. The third-order valence-corrected chi connectivity index (χ3v) is 6.22. The average molecular weight is 517 g/mol. The van der Waals surface area contributed by atoms with E-state index in [0.717, 1.165) is 0 Å². The number of aromatic nitrogens is 6. The molecule has 0 N–H and O–H groups in total. The smallest absolute Gasteiger partial charge is 0.201 e. The Bertz CT molecular complexity index is 1390. The average Bonchev–Trinajstić information content (AvgIpc) is 3.59. The molecule has 0 radical (unpaired) electrons. The van der Waals surface area contributed by atoms with Gasteiger partial charge in [-0.1, -0.05) is 34.7 Å². The molecule has 12 nitrogen and oxygen atoms in total. The number of fused-ring (bicyclic) bond motifs is 4. The standard InChI is InChI=1S/C26H24N6O6/c33-25-19-3-1-5-21-23(19)26(34)24-20(25)4-2-6-22(24)38-16-18-14-32(30-28-18)8-10-36-12-11-35-9-7-31-13-17(15-37-21)27-29-31/h1-6,13-14H,7-12,15-16H2. The quantitative estimate of drug-likeness (QED) is 0.300. The fourth-order valence-electron chi connectivity index (χ4n) is 4.39. The lowest BCUT2D eigenvalue weighted by Crippen LogP contribution is -2.23. The van der Waals surface area contributed by atoms with Crippen molar-refractivity contribution in [3.8, 4) is 11.5 Å². The van der Waals surface area contributed by atoms with E-state index < -0.39 is 0 Å². The molecule has 0 spiro atoms. The van der Waals surface area contributed by atoms with Gasteiger partial charge in [0, 0.05) is 11.1 Å². The maximum atomic E-state index is 13.8. The molecule has 0 amide bonds. The molecule has 3 heterocycles. The number of ketones is 2. The first-order valence-corrected chi connectivity index (χ1v) is 12.2. The first-order valence-electron chi connectivity index (χ1n) is 12.2. The highest BCUT2D eigenvalue weighted by Gasteiger charge is 2.35. The lowest BCUT2D eigenvalue weighted by molar-refractivity contribution is 0.0402. The van der Waals surface area contributed by atoms with E-state index in [0.29, 0.717) is 62.4 Å². The van der Waals surface area contributed by atoms with Crippen LogP contribution in [0.15, 0.2) is 48.8 Å². The van der Waals surface area contributed by atoms with Gasteiger partial charge in [0.25, 0.3) is 0 Å². The largest absolute Gasteiger partial charge is 0.486 e. The van der Waals surface area contributed by atoms with Crippen LogP contribution < -0.4 is 9.47 Å². The number of nitrogens with zero attached hydrogens (tertiary/aromatic N) is 6. The van der Waals surface area contributed by atoms with Crippen LogP contribution in [0.3, 0.4) is 0 Å². The predicted octanol–water partition coefficient (Wildman–Crippen LogP) is 1.85. The lowest BCUT2D eigenvalue weighted by atomic mass is 9.83. The molecular formula is C26H24N6O6. The van der Waals surface area contributed by atoms with Crippen molar-refractivity contribution in [2.45, 2.75) is 26.3 Å². The van der Waals surface area contributed by atoms with E-state index in [1.54, 1.807) is 58.2 Å². The molecule has 6 rings (SSSR count). The van der Waals surface area contributed by atoms with E-state index in [2.05, 4.69) is 20.6 Å². The van der Waals surface area contributed by atoms with Gasteiger partial charge in [0.05, 0.1) is 63.0 Å². The van der Waals surface area contributed by atoms with Crippen LogP contribution in [0.25, 0.3) is 0 Å². The van der Waals surface area contributed by atoms with Crippen LogP contribution in [0.2, 0.25) is 0 Å². The van der Waals surface area contributed by atoms with Crippen molar-refractivity contribution < 1.29 is 28.5 Å². The summed E-state index contributed by atoms with van der Waals surface area (Å²) in [5.74, 6) is -0.0326. The Morgan fingerprint density at radius 1 is 0.632 bits per heavy atom. The first kappa shape index (κ1) is 23.9. The molecule has 6 bridgehead atoms. The van der Waals surface area contributed by atoms with E-state index in [4.69, 9.17) is 18.9 Å². The third-order valence-electron chi connectivity index (χ3n) is 6.22. The number of rotatable bonds is 0. The molecule has 1 aliphatic heterocycles. The van der Waals surface area contributed by atoms with Crippen LogP contribution in [-0.2, 0) is 35.8 Å². The molecule has 38 heavy (non-hydrogen) atoms. The summed E-state index contributed by atoms with van der Waals surface area (Å²) in [5.41, 5.74) is 2.13. The topological polar surface area (TPSA) is 132 Å². The second kappa shape index (κ2) is 10.5. The van der Waals surface area contributed by atoms with Crippen molar-refractivity contribution in [2.24, 2.45) is 0 Å². The van der Waals surface area contributed by atoms with E-state index >= 15 is 0 Å². The Labute approximate surface area is 217 Å². The molecule has 1 aliphatic carbocycles. The van der Waals surface area contributed by atoms with Gasteiger partial charge < -0.3 is 18.9 Å². The van der Waals surface area contributed by atoms with Crippen molar-refractivity contribution in [1.29, 1.82) is 0 Å². The van der Waals surface area contributed by atoms with Gasteiger partial charge in [0.1, 0.15) is 36.1 Å². The zero-order chi connectivity index (χ0) is 25.9. The second-order valence-electron chi connectivity index (χ2n) is 8.76. The summed E-state index contributed by atoms with van der Waals surface area (Å²) in [6.45, 7) is 2.99. The highest BCUT2D eigenvalue weighted by Crippen LogP contribution is 2.37. The zero-order valence-corrected chi connectivity index (χ0v) is 20.4. The number of hydrogen-bond acceptors (Lipinski definition) is 10. The van der Waals surface area contributed by atoms with Gasteiger partial charge >= 0.3 is 0 Å². The normalized spacial score (nSPS) is 16.4. The SMILES string of the molecule is O=C1c2cccc3c2C(=O)c2c(cccc21)OCc1cn(nn1)CCOCCOCCn1cc(nn1)CO3. The number of ether oxygens (including phenoxy) is 4. The second-order valence-corrected chi connectivity index (χ2v) is 8.76. The molecule has 0 atom stereocenters. The minimum atomic E-state index is -0.346. The fraction of sp³-hybridized carbons (Fsp3) is 0.308. The van der Waals surface area contributed by atoms with E-state index in [9.17, 15) is 9.59 Å². The highest BCUT2D eigenvalue weighted by molar-refractivity contribution is 6.30. The molecule has 0 unspecified atom stereocenters. The van der Waals surface area contributed by atoms with Crippen molar-refractivity contribution >= 4 is 11.6 Å². The summed E-state index contributed by atoms with van der Waals surface area (Å²) in [6.07, 6.45) is 3.51. The Morgan fingerprint density at radius 2 is 1.13 bits per heavy atom. The molecular weight excluding hydrogens is 492 g/mol. The van der Waals surface area contributed by atoms with Crippen LogP contribution in [0.1, 0.15) is 43.2 Å². The predicted molar refractivity (Wildman–Crippen MR) is 130 cm³/mol. The highest BCUT2D eigenvalue weighted by atomic mass is 16.5. The number of carbonyl (C=O) groups is 2. The summed E-state index contributed by atoms with van der Waals surface area (Å²) < 4.78 is 26.5. The van der Waals surface area contributed by atoms with Gasteiger partial charge in [-0.05, 0) is 12.1 Å². The monoisotopic (exact) mass is 516 g/mol. The minimum absolute atomic E-state index is 0.0767. The summed E-state index contributed by atoms with van der Waals surface area (Å²) >= 11 is 0. The Morgan fingerprint density at radius 3 is 1.63 bits per heavy atom. The molecule has 4 aromatic rings. The summed E-state index contributed by atoms with van der Waals surface area (Å²) in [5, 5.41) is 16.5. The van der Waals surface area contributed by atoms with Crippen molar-refractivity contribution in [2.75, 3.05) is 26.4 Å². The molecule has 0 saturated carbocycles. The van der Waals surface area contributed by atoms with E-state index in [1.807, 2.05) is 0 Å². The van der Waals surface area contributed by atoms with E-state index in [-0.39, 0.29) is 47.0 Å². The number of hydrogen-bond donors (Lipinski definition) is 0. The van der Waals surface area contributed by atoms with Gasteiger partial charge in [-0.3, -0.25) is 9.59 Å². The summed E-state index contributed by atoms with van der Waals surface area (Å²) in [6, 6.07) is 9.97. The molecule has 0 saturated heterocycles. The molecule has 2 aromatic carbocycles. The number of carbonyl (C=O) groups excluding carboxylic acids is 2. The van der Waals surface area contributed by atoms with Gasteiger partial charge in [-0.15, -0.1) is 10.2 Å². The van der Waals surface area contributed by atoms with Crippen LogP contribution in [-0.4, -0.2) is 68.0 Å². The summed E-state index contributed by atoms with van der Waals surface area (Å²) in [4.78, 5) is 27.1. The maximum absolute atomic E-state index is 13.8. The zero-order valence-electron chi connectivity index (χ0n) is 20.4. The van der Waals surface area contributed by atoms with Crippen molar-refractivity contribution in [1.82, 2.24) is 30.0 Å². The number of benzene rings is 2. The lowest BCUT2D eigenvalue weighted by Gasteiger charge is -2.22. The molecule has 0 fully saturated rings. The van der Waals surface area contributed by atoms with Gasteiger partial charge in [0.2, 0.25) is 5.78 Å². The molecule has 2 aromatic heterocycles.